The van der Waals surface area contributed by atoms with E-state index in [9.17, 15) is 19.5 Å². The number of nitrogens with one attached hydrogen (secondary N) is 1. The van der Waals surface area contributed by atoms with E-state index in [1.165, 1.54) is 28.4 Å². The SMILES string of the molecule is CCCN(CCC)C(=O)Cc1nc(SCC2=C(C(=O)O)N3C(=O)C(N)[C@@H]3SC2)n[nH]1. The number of nitrogens with two attached hydrogens (primary N) is 1. The van der Waals surface area contributed by atoms with Crippen molar-refractivity contribution >= 4 is 41.3 Å². The number of nitrogens with zero attached hydrogens (tertiary/aromatic N) is 4. The fraction of sp³-hybridized carbons (Fsp3) is 0.611. The van der Waals surface area contributed by atoms with Gasteiger partial charge in [-0.3, -0.25) is 19.6 Å². The first-order chi connectivity index (χ1) is 14.4. The number of aromatic amines is 1. The Bertz CT molecular complexity index is 851. The highest BCUT2D eigenvalue weighted by atomic mass is 32.2. The van der Waals surface area contributed by atoms with Crippen molar-refractivity contribution in [2.75, 3.05) is 24.6 Å². The lowest BCUT2D eigenvalue weighted by molar-refractivity contribution is -0.147. The van der Waals surface area contributed by atoms with Crippen LogP contribution in [0.2, 0.25) is 0 Å². The Balaban J connectivity index is 1.63. The van der Waals surface area contributed by atoms with Crippen LogP contribution in [0.25, 0.3) is 0 Å². The molecule has 2 amide bonds. The summed E-state index contributed by atoms with van der Waals surface area (Å²) < 4.78 is 0. The first-order valence-corrected chi connectivity index (χ1v) is 11.9. The molecule has 1 aromatic heterocycles. The molecule has 10 nitrogen and oxygen atoms in total. The van der Waals surface area contributed by atoms with E-state index in [0.29, 0.717) is 41.1 Å². The lowest BCUT2D eigenvalue weighted by Gasteiger charge is -2.48. The standard InChI is InChI=1S/C18H26N6O4S2/c1-3-5-23(6-4-2)12(25)7-11-20-18(22-21-11)30-9-10-8-29-16-13(19)15(26)24(16)14(10)17(27)28/h13,16H,3-9,19H2,1-2H3,(H,27,28)(H,20,21,22)/t13?,16-/m0/s1. The normalized spacial score (nSPS) is 20.8. The van der Waals surface area contributed by atoms with E-state index in [2.05, 4.69) is 15.2 Å². The van der Waals surface area contributed by atoms with Gasteiger partial charge in [-0.25, -0.2) is 9.78 Å². The number of carboxylic acids is 1. The number of aromatic nitrogens is 3. The average Bonchev–Trinajstić information content (AvgIpc) is 3.17. The zero-order valence-electron chi connectivity index (χ0n) is 17.0. The number of β-lactam (4-membered cyclic amide) rings is 1. The van der Waals surface area contributed by atoms with Crippen molar-refractivity contribution in [2.24, 2.45) is 5.73 Å². The lowest BCUT2D eigenvalue weighted by Crippen LogP contribution is -2.68. The van der Waals surface area contributed by atoms with Crippen LogP contribution in [0.1, 0.15) is 32.5 Å². The Hall–Kier alpha value is -2.05. The molecule has 0 aromatic carbocycles. The average molecular weight is 455 g/mol. The van der Waals surface area contributed by atoms with E-state index < -0.39 is 12.0 Å². The molecule has 0 bridgehead atoms. The Kier molecular flexibility index (Phi) is 7.42. The number of amides is 2. The molecule has 0 radical (unpaired) electrons. The summed E-state index contributed by atoms with van der Waals surface area (Å²) in [5.74, 6) is -0.198. The maximum absolute atomic E-state index is 12.5. The van der Waals surface area contributed by atoms with Gasteiger partial charge >= 0.3 is 5.97 Å². The second-order valence-electron chi connectivity index (χ2n) is 7.10. The van der Waals surface area contributed by atoms with Crippen LogP contribution in [-0.2, 0) is 20.8 Å². The monoisotopic (exact) mass is 454 g/mol. The molecule has 2 atom stereocenters. The Morgan fingerprint density at radius 2 is 2.07 bits per heavy atom. The van der Waals surface area contributed by atoms with E-state index in [1.54, 1.807) is 0 Å². The molecule has 1 aromatic rings. The molecule has 0 saturated carbocycles. The molecule has 30 heavy (non-hydrogen) atoms. The van der Waals surface area contributed by atoms with Crippen LogP contribution < -0.4 is 5.73 Å². The van der Waals surface area contributed by atoms with Crippen molar-refractivity contribution in [3.63, 3.8) is 0 Å². The third kappa shape index (κ3) is 4.65. The molecular weight excluding hydrogens is 428 g/mol. The van der Waals surface area contributed by atoms with Gasteiger partial charge < -0.3 is 15.7 Å². The maximum atomic E-state index is 12.5. The predicted octanol–water partition coefficient (Wildman–Crippen LogP) is 0.669. The summed E-state index contributed by atoms with van der Waals surface area (Å²) in [7, 11) is 0. The van der Waals surface area contributed by atoms with Crippen molar-refractivity contribution in [1.82, 2.24) is 25.0 Å². The Labute approximate surface area is 183 Å². The molecular formula is C18H26N6O4S2. The lowest BCUT2D eigenvalue weighted by atomic mass is 10.0. The molecule has 0 aliphatic carbocycles. The number of carbonyl (C=O) groups excluding carboxylic acids is 2. The highest BCUT2D eigenvalue weighted by Crippen LogP contribution is 2.40. The zero-order valence-corrected chi connectivity index (χ0v) is 18.6. The van der Waals surface area contributed by atoms with Crippen LogP contribution >= 0.6 is 23.5 Å². The van der Waals surface area contributed by atoms with Gasteiger partial charge in [-0.2, -0.15) is 0 Å². The second-order valence-corrected chi connectivity index (χ2v) is 9.15. The summed E-state index contributed by atoms with van der Waals surface area (Å²) in [6.07, 6.45) is 1.94. The van der Waals surface area contributed by atoms with Gasteiger partial charge in [-0.15, -0.1) is 16.9 Å². The van der Waals surface area contributed by atoms with Crippen molar-refractivity contribution in [3.8, 4) is 0 Å². The molecule has 1 saturated heterocycles. The zero-order chi connectivity index (χ0) is 21.8. The van der Waals surface area contributed by atoms with Gasteiger partial charge in [-0.05, 0) is 18.4 Å². The molecule has 3 heterocycles. The predicted molar refractivity (Wildman–Crippen MR) is 114 cm³/mol. The molecule has 3 rings (SSSR count). The summed E-state index contributed by atoms with van der Waals surface area (Å²) in [4.78, 5) is 43.6. The first kappa shape index (κ1) is 22.6. The van der Waals surface area contributed by atoms with Gasteiger partial charge in [0.15, 0.2) is 0 Å². The third-order valence-corrected chi connectivity index (χ3v) is 7.13. The number of hydrogen-bond donors (Lipinski definition) is 3. The minimum absolute atomic E-state index is 0.00429. The van der Waals surface area contributed by atoms with Gasteiger partial charge in [0.2, 0.25) is 17.0 Å². The Morgan fingerprint density at radius 3 is 2.70 bits per heavy atom. The summed E-state index contributed by atoms with van der Waals surface area (Å²) >= 11 is 2.73. The number of H-pyrrole nitrogens is 1. The van der Waals surface area contributed by atoms with Crippen LogP contribution in [0, 0.1) is 0 Å². The maximum Gasteiger partial charge on any atom is 0.352 e. The summed E-state index contributed by atoms with van der Waals surface area (Å²) in [5.41, 5.74) is 6.41. The molecule has 4 N–H and O–H groups in total. The van der Waals surface area contributed by atoms with Crippen LogP contribution in [0.3, 0.4) is 0 Å². The molecule has 12 heteroatoms. The van der Waals surface area contributed by atoms with Gasteiger partial charge in [0.25, 0.3) is 0 Å². The first-order valence-electron chi connectivity index (χ1n) is 9.84. The van der Waals surface area contributed by atoms with E-state index in [4.69, 9.17) is 5.73 Å². The van der Waals surface area contributed by atoms with Crippen molar-refractivity contribution in [2.45, 2.75) is 49.7 Å². The highest BCUT2D eigenvalue weighted by molar-refractivity contribution is 8.01. The number of carboxylic acid groups (broad SMARTS) is 1. The summed E-state index contributed by atoms with van der Waals surface area (Å²) in [6, 6.07) is -0.647. The van der Waals surface area contributed by atoms with Gasteiger partial charge in [0.05, 0.1) is 6.42 Å². The molecule has 164 valence electrons. The van der Waals surface area contributed by atoms with E-state index in [0.717, 1.165) is 12.8 Å². The van der Waals surface area contributed by atoms with Gasteiger partial charge in [-0.1, -0.05) is 25.6 Å². The third-order valence-electron chi connectivity index (χ3n) is 4.84. The summed E-state index contributed by atoms with van der Waals surface area (Å²) in [6.45, 7) is 5.50. The molecule has 1 fully saturated rings. The van der Waals surface area contributed by atoms with Crippen LogP contribution in [-0.4, -0.2) is 83.9 Å². The minimum Gasteiger partial charge on any atom is -0.477 e. The molecule has 1 unspecified atom stereocenters. The van der Waals surface area contributed by atoms with Crippen LogP contribution in [0.15, 0.2) is 16.4 Å². The molecule has 0 spiro atoms. The Morgan fingerprint density at radius 1 is 1.37 bits per heavy atom. The highest BCUT2D eigenvalue weighted by Gasteiger charge is 2.51. The molecule has 2 aliphatic rings. The topological polar surface area (TPSA) is 146 Å². The largest absolute Gasteiger partial charge is 0.477 e. The van der Waals surface area contributed by atoms with E-state index in [1.807, 2.05) is 18.7 Å². The fourth-order valence-electron chi connectivity index (χ4n) is 3.42. The number of carbonyl (C=O) groups is 3. The van der Waals surface area contributed by atoms with Crippen molar-refractivity contribution in [3.05, 3.63) is 17.1 Å². The van der Waals surface area contributed by atoms with Crippen molar-refractivity contribution in [1.29, 1.82) is 0 Å². The van der Waals surface area contributed by atoms with E-state index >= 15 is 0 Å². The number of thioether (sulfide) groups is 2. The van der Waals surface area contributed by atoms with Gasteiger partial charge in [0.1, 0.15) is 22.9 Å². The fourth-order valence-corrected chi connectivity index (χ4v) is 5.67. The smallest absolute Gasteiger partial charge is 0.352 e. The number of hydrogen-bond acceptors (Lipinski definition) is 8. The number of aliphatic carboxylic acids is 1. The van der Waals surface area contributed by atoms with Crippen LogP contribution in [0.4, 0.5) is 0 Å². The molecule has 2 aliphatic heterocycles. The van der Waals surface area contributed by atoms with E-state index in [-0.39, 0.29) is 29.3 Å². The second kappa shape index (κ2) is 9.84. The number of rotatable bonds is 10. The van der Waals surface area contributed by atoms with Crippen molar-refractivity contribution < 1.29 is 19.5 Å². The summed E-state index contributed by atoms with van der Waals surface area (Å²) in [5, 5.41) is 16.6. The van der Waals surface area contributed by atoms with Gasteiger partial charge in [0, 0.05) is 24.6 Å². The minimum atomic E-state index is -1.13. The quantitative estimate of drug-likeness (QED) is 0.343. The van der Waals surface area contributed by atoms with Crippen LogP contribution in [0.5, 0.6) is 0 Å². The number of fused-ring (bicyclic) bond motifs is 1.